The molecule has 1 aliphatic heterocycles. The summed E-state index contributed by atoms with van der Waals surface area (Å²) in [5, 5.41) is 7.87. The van der Waals surface area contributed by atoms with Crippen molar-refractivity contribution < 1.29 is 9.53 Å². The lowest BCUT2D eigenvalue weighted by molar-refractivity contribution is 0.0648. The summed E-state index contributed by atoms with van der Waals surface area (Å²) in [6.45, 7) is 2.81. The van der Waals surface area contributed by atoms with Crippen molar-refractivity contribution in [2.45, 2.75) is 25.8 Å². The Morgan fingerprint density at radius 1 is 1.27 bits per heavy atom. The average Bonchev–Trinajstić information content (AvgIpc) is 2.60. The van der Waals surface area contributed by atoms with Crippen molar-refractivity contribution in [3.8, 4) is 5.88 Å². The number of ether oxygens (including phenoxy) is 1. The van der Waals surface area contributed by atoms with E-state index in [1.807, 2.05) is 11.0 Å². The molecule has 0 saturated carbocycles. The van der Waals surface area contributed by atoms with Crippen LogP contribution in [0.15, 0.2) is 36.4 Å². The van der Waals surface area contributed by atoms with Crippen LogP contribution in [0, 0.1) is 0 Å². The van der Waals surface area contributed by atoms with Gasteiger partial charge in [-0.3, -0.25) is 4.79 Å². The standard InChI is InChI=1S/C17H19N3O2/c1-3-15-13-7-5-4-6-12(13)10-11-20(15)17(21)14-8-9-16(22-2)19-18-14/h4-9,15H,3,10-11H2,1-2H3/t15-/m0/s1. The van der Waals surface area contributed by atoms with E-state index in [1.54, 1.807) is 12.1 Å². The lowest BCUT2D eigenvalue weighted by atomic mass is 9.91. The van der Waals surface area contributed by atoms with E-state index in [0.29, 0.717) is 18.1 Å². The van der Waals surface area contributed by atoms with Gasteiger partial charge in [-0.05, 0) is 30.0 Å². The van der Waals surface area contributed by atoms with E-state index >= 15 is 0 Å². The molecule has 1 amide bonds. The van der Waals surface area contributed by atoms with Crippen molar-refractivity contribution in [1.29, 1.82) is 0 Å². The van der Waals surface area contributed by atoms with E-state index in [1.165, 1.54) is 18.2 Å². The Morgan fingerprint density at radius 2 is 2.09 bits per heavy atom. The number of benzene rings is 1. The molecule has 0 bridgehead atoms. The van der Waals surface area contributed by atoms with Gasteiger partial charge < -0.3 is 9.64 Å². The smallest absolute Gasteiger partial charge is 0.274 e. The Bertz CT molecular complexity index is 670. The van der Waals surface area contributed by atoms with Crippen LogP contribution in [0.2, 0.25) is 0 Å². The van der Waals surface area contributed by atoms with E-state index < -0.39 is 0 Å². The lowest BCUT2D eigenvalue weighted by Gasteiger charge is -2.36. The Morgan fingerprint density at radius 3 is 2.77 bits per heavy atom. The minimum atomic E-state index is -0.0727. The molecule has 114 valence electrons. The van der Waals surface area contributed by atoms with Gasteiger partial charge in [-0.2, -0.15) is 0 Å². The highest BCUT2D eigenvalue weighted by atomic mass is 16.5. The van der Waals surface area contributed by atoms with Gasteiger partial charge in [0, 0.05) is 12.6 Å². The van der Waals surface area contributed by atoms with E-state index in [-0.39, 0.29) is 11.9 Å². The highest BCUT2D eigenvalue weighted by molar-refractivity contribution is 5.92. The van der Waals surface area contributed by atoms with Crippen molar-refractivity contribution in [1.82, 2.24) is 15.1 Å². The number of carbonyl (C=O) groups excluding carboxylic acids is 1. The summed E-state index contributed by atoms with van der Waals surface area (Å²) < 4.78 is 4.98. The summed E-state index contributed by atoms with van der Waals surface area (Å²) in [7, 11) is 1.53. The summed E-state index contributed by atoms with van der Waals surface area (Å²) >= 11 is 0. The average molecular weight is 297 g/mol. The van der Waals surface area contributed by atoms with Crippen molar-refractivity contribution in [2.24, 2.45) is 0 Å². The second kappa shape index (κ2) is 6.13. The monoisotopic (exact) mass is 297 g/mol. The van der Waals surface area contributed by atoms with Crippen LogP contribution in [0.4, 0.5) is 0 Å². The van der Waals surface area contributed by atoms with E-state index in [0.717, 1.165) is 12.8 Å². The number of carbonyl (C=O) groups is 1. The third-order valence-electron chi connectivity index (χ3n) is 4.13. The van der Waals surface area contributed by atoms with Crippen molar-refractivity contribution in [3.05, 3.63) is 53.2 Å². The highest BCUT2D eigenvalue weighted by Gasteiger charge is 2.30. The van der Waals surface area contributed by atoms with Gasteiger partial charge in [-0.25, -0.2) is 0 Å². The summed E-state index contributed by atoms with van der Waals surface area (Å²) in [6.07, 6.45) is 1.76. The molecule has 0 radical (unpaired) electrons. The first-order chi connectivity index (χ1) is 10.7. The summed E-state index contributed by atoms with van der Waals surface area (Å²) in [5.41, 5.74) is 2.93. The maximum atomic E-state index is 12.8. The first kappa shape index (κ1) is 14.5. The maximum absolute atomic E-state index is 12.8. The second-order valence-corrected chi connectivity index (χ2v) is 5.33. The minimum absolute atomic E-state index is 0.0727. The number of nitrogens with zero attached hydrogens (tertiary/aromatic N) is 3. The van der Waals surface area contributed by atoms with E-state index in [9.17, 15) is 4.79 Å². The molecule has 0 unspecified atom stereocenters. The van der Waals surface area contributed by atoms with Crippen molar-refractivity contribution >= 4 is 5.91 Å². The zero-order valence-electron chi connectivity index (χ0n) is 12.8. The molecule has 1 aliphatic rings. The Labute approximate surface area is 129 Å². The molecule has 3 rings (SSSR count). The summed E-state index contributed by atoms with van der Waals surface area (Å²) in [4.78, 5) is 14.7. The maximum Gasteiger partial charge on any atom is 0.274 e. The number of fused-ring (bicyclic) bond motifs is 1. The van der Waals surface area contributed by atoms with Crippen LogP contribution < -0.4 is 4.74 Å². The number of hydrogen-bond acceptors (Lipinski definition) is 4. The van der Waals surface area contributed by atoms with Crippen LogP contribution in [0.25, 0.3) is 0 Å². The molecular weight excluding hydrogens is 278 g/mol. The van der Waals surface area contributed by atoms with Gasteiger partial charge >= 0.3 is 0 Å². The molecule has 1 aromatic heterocycles. The van der Waals surface area contributed by atoms with Gasteiger partial charge in [0.15, 0.2) is 5.69 Å². The predicted molar refractivity (Wildman–Crippen MR) is 82.8 cm³/mol. The van der Waals surface area contributed by atoms with Crippen LogP contribution in [0.1, 0.15) is 41.0 Å². The molecular formula is C17H19N3O2. The predicted octanol–water partition coefficient (Wildman–Crippen LogP) is 2.63. The number of amides is 1. The Hall–Kier alpha value is -2.43. The fourth-order valence-corrected chi connectivity index (χ4v) is 3.03. The zero-order valence-corrected chi connectivity index (χ0v) is 12.8. The zero-order chi connectivity index (χ0) is 15.5. The fourth-order valence-electron chi connectivity index (χ4n) is 3.03. The van der Waals surface area contributed by atoms with Gasteiger partial charge in [-0.1, -0.05) is 31.2 Å². The molecule has 1 aromatic carbocycles. The first-order valence-corrected chi connectivity index (χ1v) is 7.51. The molecule has 2 heterocycles. The summed E-state index contributed by atoms with van der Waals surface area (Å²) in [5.74, 6) is 0.337. The van der Waals surface area contributed by atoms with Gasteiger partial charge in [0.2, 0.25) is 5.88 Å². The second-order valence-electron chi connectivity index (χ2n) is 5.33. The van der Waals surface area contributed by atoms with E-state index in [2.05, 4.69) is 35.3 Å². The van der Waals surface area contributed by atoms with Crippen LogP contribution >= 0.6 is 0 Å². The molecule has 22 heavy (non-hydrogen) atoms. The van der Waals surface area contributed by atoms with Crippen LogP contribution in [0.5, 0.6) is 5.88 Å². The van der Waals surface area contributed by atoms with Crippen LogP contribution in [-0.2, 0) is 6.42 Å². The molecule has 5 nitrogen and oxygen atoms in total. The van der Waals surface area contributed by atoms with Crippen molar-refractivity contribution in [3.63, 3.8) is 0 Å². The number of rotatable bonds is 3. The quantitative estimate of drug-likeness (QED) is 0.874. The van der Waals surface area contributed by atoms with Gasteiger partial charge in [0.1, 0.15) is 0 Å². The third-order valence-corrected chi connectivity index (χ3v) is 4.13. The number of aromatic nitrogens is 2. The van der Waals surface area contributed by atoms with Gasteiger partial charge in [0.05, 0.1) is 13.2 Å². The van der Waals surface area contributed by atoms with Crippen molar-refractivity contribution in [2.75, 3.05) is 13.7 Å². The normalized spacial score (nSPS) is 17.0. The topological polar surface area (TPSA) is 55.3 Å². The summed E-state index contributed by atoms with van der Waals surface area (Å²) in [6, 6.07) is 11.8. The molecule has 0 fully saturated rings. The molecule has 1 atom stereocenters. The molecule has 2 aromatic rings. The molecule has 0 N–H and O–H groups in total. The number of methoxy groups -OCH3 is 1. The van der Waals surface area contributed by atoms with Crippen LogP contribution in [-0.4, -0.2) is 34.7 Å². The molecule has 0 spiro atoms. The lowest BCUT2D eigenvalue weighted by Crippen LogP contribution is -2.40. The van der Waals surface area contributed by atoms with Gasteiger partial charge in [-0.15, -0.1) is 10.2 Å². The third kappa shape index (κ3) is 2.54. The first-order valence-electron chi connectivity index (χ1n) is 7.51. The Kier molecular flexibility index (Phi) is 4.04. The van der Waals surface area contributed by atoms with Crippen LogP contribution in [0.3, 0.4) is 0 Å². The molecule has 5 heteroatoms. The fraction of sp³-hybridized carbons (Fsp3) is 0.353. The van der Waals surface area contributed by atoms with E-state index in [4.69, 9.17) is 4.74 Å². The largest absolute Gasteiger partial charge is 0.480 e. The highest BCUT2D eigenvalue weighted by Crippen LogP contribution is 2.32. The van der Waals surface area contributed by atoms with Gasteiger partial charge in [0.25, 0.3) is 5.91 Å². The minimum Gasteiger partial charge on any atom is -0.480 e. The SMILES string of the molecule is CC[C@H]1c2ccccc2CCN1C(=O)c1ccc(OC)nn1. The Balaban J connectivity index is 1.89. The molecule has 0 aliphatic carbocycles. The number of hydrogen-bond donors (Lipinski definition) is 0. The molecule has 0 saturated heterocycles.